The number of rotatable bonds is 7. The van der Waals surface area contributed by atoms with Crippen LogP contribution in [0.2, 0.25) is 0 Å². The molecule has 1 aliphatic rings. The highest BCUT2D eigenvalue weighted by Crippen LogP contribution is 2.24. The average Bonchev–Trinajstić information content (AvgIpc) is 3.11. The van der Waals surface area contributed by atoms with E-state index >= 15 is 0 Å². The molecule has 1 aliphatic heterocycles. The zero-order valence-corrected chi connectivity index (χ0v) is 16.8. The maximum absolute atomic E-state index is 12.0. The molecule has 1 atom stereocenters. The van der Waals surface area contributed by atoms with Gasteiger partial charge in [0.25, 0.3) is 0 Å². The smallest absolute Gasteiger partial charge is 0.337 e. The number of esters is 1. The number of methoxy groups -OCH3 is 1. The minimum Gasteiger partial charge on any atom is -0.465 e. The molecule has 0 saturated carbocycles. The molecule has 29 heavy (non-hydrogen) atoms. The van der Waals surface area contributed by atoms with Crippen molar-refractivity contribution in [3.8, 4) is 0 Å². The Balaban J connectivity index is 1.60. The zero-order chi connectivity index (χ0) is 20.1. The first kappa shape index (κ1) is 19.7. The minimum absolute atomic E-state index is 0.0818. The third-order valence-corrected chi connectivity index (χ3v) is 5.39. The largest absolute Gasteiger partial charge is 0.465 e. The first-order valence-corrected chi connectivity index (χ1v) is 10.2. The van der Waals surface area contributed by atoms with Gasteiger partial charge in [0.05, 0.1) is 19.3 Å². The van der Waals surface area contributed by atoms with Crippen molar-refractivity contribution in [1.82, 2.24) is 4.57 Å². The number of carbonyl (C=O) groups is 1. The fourth-order valence-corrected chi connectivity index (χ4v) is 3.85. The molecule has 0 amide bonds. The van der Waals surface area contributed by atoms with E-state index in [0.29, 0.717) is 12.2 Å². The van der Waals surface area contributed by atoms with Crippen molar-refractivity contribution in [3.05, 3.63) is 71.4 Å². The molecular weight excluding hydrogens is 366 g/mol. The lowest BCUT2D eigenvalue weighted by atomic mass is 10.1. The highest BCUT2D eigenvalue weighted by atomic mass is 16.7. The molecule has 5 nitrogen and oxygen atoms in total. The summed E-state index contributed by atoms with van der Waals surface area (Å²) in [6, 6.07) is 18.2. The number of benzene rings is 2. The van der Waals surface area contributed by atoms with Gasteiger partial charge in [-0.25, -0.2) is 4.79 Å². The summed E-state index contributed by atoms with van der Waals surface area (Å²) in [5.74, 6) is -0.321. The summed E-state index contributed by atoms with van der Waals surface area (Å²) in [6.45, 7) is 2.14. The Morgan fingerprint density at radius 2 is 2.00 bits per heavy atom. The number of carbonyl (C=O) groups excluding carboxylic acids is 1. The van der Waals surface area contributed by atoms with Crippen molar-refractivity contribution >= 4 is 16.9 Å². The van der Waals surface area contributed by atoms with Gasteiger partial charge in [0.1, 0.15) is 0 Å². The standard InChI is InChI=1S/C24H27NO4/c1-27-24(26)20-11-10-19-15-21(12-14-29-23-9-5-6-13-28-23)25(22(19)16-20)17-18-7-3-2-4-8-18/h2-4,7-8,10-11,15-16,23H,5-6,9,12-14,17H2,1H3. The summed E-state index contributed by atoms with van der Waals surface area (Å²) in [5.41, 5.74) is 3.99. The molecule has 0 aliphatic carbocycles. The lowest BCUT2D eigenvalue weighted by molar-refractivity contribution is -0.161. The lowest BCUT2D eigenvalue weighted by Crippen LogP contribution is -2.23. The van der Waals surface area contributed by atoms with Gasteiger partial charge < -0.3 is 18.8 Å². The second kappa shape index (κ2) is 9.25. The van der Waals surface area contributed by atoms with Crippen molar-refractivity contribution in [2.75, 3.05) is 20.3 Å². The molecule has 1 fully saturated rings. The monoisotopic (exact) mass is 393 g/mol. The van der Waals surface area contributed by atoms with Gasteiger partial charge in [-0.05, 0) is 48.4 Å². The van der Waals surface area contributed by atoms with E-state index in [1.165, 1.54) is 18.4 Å². The van der Waals surface area contributed by atoms with Gasteiger partial charge in [0.2, 0.25) is 0 Å². The van der Waals surface area contributed by atoms with Crippen molar-refractivity contribution in [2.45, 2.75) is 38.5 Å². The predicted molar refractivity (Wildman–Crippen MR) is 112 cm³/mol. The molecule has 0 N–H and O–H groups in total. The minimum atomic E-state index is -0.321. The van der Waals surface area contributed by atoms with Crippen LogP contribution in [-0.4, -0.2) is 37.1 Å². The maximum Gasteiger partial charge on any atom is 0.337 e. The van der Waals surface area contributed by atoms with Crippen molar-refractivity contribution < 1.29 is 19.0 Å². The van der Waals surface area contributed by atoms with Gasteiger partial charge in [-0.1, -0.05) is 36.4 Å². The number of fused-ring (bicyclic) bond motifs is 1. The maximum atomic E-state index is 12.0. The van der Waals surface area contributed by atoms with E-state index < -0.39 is 0 Å². The Kier molecular flexibility index (Phi) is 6.27. The van der Waals surface area contributed by atoms with Crippen molar-refractivity contribution in [2.24, 2.45) is 0 Å². The Labute approximate surface area is 171 Å². The third-order valence-electron chi connectivity index (χ3n) is 5.39. The highest BCUT2D eigenvalue weighted by Gasteiger charge is 2.16. The van der Waals surface area contributed by atoms with Crippen LogP contribution in [0.3, 0.4) is 0 Å². The van der Waals surface area contributed by atoms with Crippen molar-refractivity contribution in [1.29, 1.82) is 0 Å². The quantitative estimate of drug-likeness (QED) is 0.552. The van der Waals surface area contributed by atoms with Crippen LogP contribution >= 0.6 is 0 Å². The van der Waals surface area contributed by atoms with Crippen LogP contribution in [0, 0.1) is 0 Å². The fraction of sp³-hybridized carbons (Fsp3) is 0.375. The number of hydrogen-bond acceptors (Lipinski definition) is 4. The Bertz CT molecular complexity index is 958. The normalized spacial score (nSPS) is 16.8. The zero-order valence-electron chi connectivity index (χ0n) is 16.8. The van der Waals surface area contributed by atoms with E-state index in [1.807, 2.05) is 36.4 Å². The van der Waals surface area contributed by atoms with Crippen LogP contribution in [0.5, 0.6) is 0 Å². The van der Waals surface area contributed by atoms with Crippen LogP contribution in [0.15, 0.2) is 54.6 Å². The average molecular weight is 393 g/mol. The summed E-state index contributed by atoms with van der Waals surface area (Å²) in [6.07, 6.45) is 3.95. The van der Waals surface area contributed by atoms with E-state index in [0.717, 1.165) is 49.7 Å². The van der Waals surface area contributed by atoms with Crippen LogP contribution in [-0.2, 0) is 27.2 Å². The van der Waals surface area contributed by atoms with Gasteiger partial charge in [-0.15, -0.1) is 0 Å². The van der Waals surface area contributed by atoms with Crippen LogP contribution < -0.4 is 0 Å². The first-order valence-electron chi connectivity index (χ1n) is 10.2. The molecule has 0 bridgehead atoms. The Hall–Kier alpha value is -2.63. The van der Waals surface area contributed by atoms with E-state index in [4.69, 9.17) is 14.2 Å². The molecule has 4 rings (SSSR count). The van der Waals surface area contributed by atoms with Gasteiger partial charge >= 0.3 is 5.97 Å². The van der Waals surface area contributed by atoms with Crippen LogP contribution in [0.25, 0.3) is 10.9 Å². The fourth-order valence-electron chi connectivity index (χ4n) is 3.85. The van der Waals surface area contributed by atoms with E-state index in [9.17, 15) is 4.79 Å². The van der Waals surface area contributed by atoms with Gasteiger partial charge in [0, 0.05) is 30.8 Å². The summed E-state index contributed by atoms with van der Waals surface area (Å²) in [4.78, 5) is 12.0. The molecule has 0 spiro atoms. The molecular formula is C24H27NO4. The van der Waals surface area contributed by atoms with Gasteiger partial charge in [-0.3, -0.25) is 0 Å². The number of ether oxygens (including phenoxy) is 3. The van der Waals surface area contributed by atoms with Crippen LogP contribution in [0.4, 0.5) is 0 Å². The Morgan fingerprint density at radius 3 is 2.76 bits per heavy atom. The highest BCUT2D eigenvalue weighted by molar-refractivity contribution is 5.94. The molecule has 1 unspecified atom stereocenters. The topological polar surface area (TPSA) is 49.7 Å². The number of hydrogen-bond donors (Lipinski definition) is 0. The van der Waals surface area contributed by atoms with Crippen LogP contribution in [0.1, 0.15) is 40.9 Å². The molecule has 3 aromatic rings. The summed E-state index contributed by atoms with van der Waals surface area (Å²) >= 11 is 0. The number of nitrogens with zero attached hydrogens (tertiary/aromatic N) is 1. The van der Waals surface area contributed by atoms with Gasteiger partial charge in [0.15, 0.2) is 6.29 Å². The van der Waals surface area contributed by atoms with E-state index in [-0.39, 0.29) is 12.3 Å². The summed E-state index contributed by atoms with van der Waals surface area (Å²) in [7, 11) is 1.41. The molecule has 1 saturated heterocycles. The lowest BCUT2D eigenvalue weighted by Gasteiger charge is -2.22. The molecule has 152 valence electrons. The molecule has 2 heterocycles. The molecule has 1 aromatic heterocycles. The first-order chi connectivity index (χ1) is 14.2. The third kappa shape index (κ3) is 4.69. The second-order valence-electron chi connectivity index (χ2n) is 7.39. The number of aromatic nitrogens is 1. The molecule has 2 aromatic carbocycles. The summed E-state index contributed by atoms with van der Waals surface area (Å²) in [5, 5.41) is 1.11. The van der Waals surface area contributed by atoms with E-state index in [2.05, 4.69) is 22.8 Å². The SMILES string of the molecule is COC(=O)c1ccc2cc(CCOC3CCCCO3)n(Cc3ccccc3)c2c1. The van der Waals surface area contributed by atoms with Crippen molar-refractivity contribution in [3.63, 3.8) is 0 Å². The summed E-state index contributed by atoms with van der Waals surface area (Å²) < 4.78 is 18.8. The van der Waals surface area contributed by atoms with E-state index in [1.54, 1.807) is 0 Å². The molecule has 5 heteroatoms. The van der Waals surface area contributed by atoms with Gasteiger partial charge in [-0.2, -0.15) is 0 Å². The predicted octanol–water partition coefficient (Wildman–Crippen LogP) is 4.56. The molecule has 0 radical (unpaired) electrons. The Morgan fingerprint density at radius 1 is 1.14 bits per heavy atom. The second-order valence-corrected chi connectivity index (χ2v) is 7.39.